The van der Waals surface area contributed by atoms with Crippen molar-refractivity contribution in [3.05, 3.63) is 0 Å². The smallest absolute Gasteiger partial charge is 0.308 e. The number of carboxylic acid groups (broad SMARTS) is 1. The molecule has 1 saturated carbocycles. The number of nitrogens with one attached hydrogen (secondary N) is 2. The van der Waals surface area contributed by atoms with Crippen LogP contribution in [0, 0.1) is 11.3 Å². The Morgan fingerprint density at radius 1 is 1.35 bits per heavy atom. The topological polar surface area (TPSA) is 78.4 Å². The van der Waals surface area contributed by atoms with E-state index in [0.29, 0.717) is 6.42 Å². The zero-order valence-corrected chi connectivity index (χ0v) is 12.3. The molecule has 0 aromatic rings. The van der Waals surface area contributed by atoms with E-state index >= 15 is 0 Å². The number of carboxylic acids is 1. The van der Waals surface area contributed by atoms with Crippen LogP contribution >= 0.6 is 0 Å². The number of piperidine rings is 1. The first-order valence-electron chi connectivity index (χ1n) is 7.83. The maximum Gasteiger partial charge on any atom is 0.308 e. The fourth-order valence-corrected chi connectivity index (χ4v) is 3.72. The predicted molar refractivity (Wildman–Crippen MR) is 76.4 cm³/mol. The van der Waals surface area contributed by atoms with E-state index < -0.39 is 11.9 Å². The molecule has 5 heteroatoms. The van der Waals surface area contributed by atoms with E-state index in [9.17, 15) is 14.7 Å². The van der Waals surface area contributed by atoms with E-state index in [0.717, 1.165) is 51.6 Å². The van der Waals surface area contributed by atoms with Crippen molar-refractivity contribution in [3.63, 3.8) is 0 Å². The van der Waals surface area contributed by atoms with E-state index in [-0.39, 0.29) is 17.4 Å². The van der Waals surface area contributed by atoms with Crippen LogP contribution in [-0.4, -0.2) is 36.1 Å². The van der Waals surface area contributed by atoms with Crippen LogP contribution < -0.4 is 10.6 Å². The molecule has 20 heavy (non-hydrogen) atoms. The van der Waals surface area contributed by atoms with Crippen LogP contribution in [-0.2, 0) is 9.59 Å². The second kappa shape index (κ2) is 6.57. The number of aliphatic carboxylic acids is 1. The number of carbonyl (C=O) groups is 2. The Hall–Kier alpha value is -1.10. The molecular formula is C15H26N2O3. The molecule has 0 aromatic carbocycles. The molecule has 1 aliphatic heterocycles. The first-order chi connectivity index (χ1) is 9.59. The molecule has 0 bridgehead atoms. The quantitative estimate of drug-likeness (QED) is 0.714. The maximum atomic E-state index is 12.7. The van der Waals surface area contributed by atoms with Crippen molar-refractivity contribution >= 4 is 11.9 Å². The minimum absolute atomic E-state index is 0.0599. The van der Waals surface area contributed by atoms with Crippen LogP contribution in [0.5, 0.6) is 0 Å². The average molecular weight is 282 g/mol. The van der Waals surface area contributed by atoms with Gasteiger partial charge in [-0.3, -0.25) is 9.59 Å². The van der Waals surface area contributed by atoms with Gasteiger partial charge >= 0.3 is 5.97 Å². The lowest BCUT2D eigenvalue weighted by Crippen LogP contribution is -2.53. The third-order valence-electron chi connectivity index (χ3n) is 4.83. The van der Waals surface area contributed by atoms with Crippen LogP contribution in [0.3, 0.4) is 0 Å². The van der Waals surface area contributed by atoms with Gasteiger partial charge in [0.15, 0.2) is 0 Å². The number of hydrogen-bond acceptors (Lipinski definition) is 3. The minimum Gasteiger partial charge on any atom is -0.481 e. The first-order valence-corrected chi connectivity index (χ1v) is 7.83. The second-order valence-corrected chi connectivity index (χ2v) is 6.27. The number of carbonyl (C=O) groups excluding carboxylic acids is 1. The Bertz CT molecular complexity index is 359. The van der Waals surface area contributed by atoms with Crippen LogP contribution in [0.1, 0.15) is 51.9 Å². The van der Waals surface area contributed by atoms with Crippen molar-refractivity contribution in [1.82, 2.24) is 10.6 Å². The van der Waals surface area contributed by atoms with Crippen molar-refractivity contribution < 1.29 is 14.7 Å². The van der Waals surface area contributed by atoms with Gasteiger partial charge in [-0.05, 0) is 38.6 Å². The minimum atomic E-state index is -0.779. The summed E-state index contributed by atoms with van der Waals surface area (Å²) in [5.41, 5.74) is -0.335. The summed E-state index contributed by atoms with van der Waals surface area (Å²) in [4.78, 5) is 23.9. The highest BCUT2D eigenvalue weighted by Crippen LogP contribution is 2.33. The normalized spacial score (nSPS) is 33.9. The molecule has 1 saturated heterocycles. The van der Waals surface area contributed by atoms with Gasteiger partial charge in [-0.15, -0.1) is 0 Å². The number of amides is 1. The van der Waals surface area contributed by atoms with Gasteiger partial charge in [-0.1, -0.05) is 19.8 Å². The van der Waals surface area contributed by atoms with Crippen molar-refractivity contribution in [2.24, 2.45) is 11.3 Å². The van der Waals surface area contributed by atoms with E-state index in [2.05, 4.69) is 17.6 Å². The fourth-order valence-electron chi connectivity index (χ4n) is 3.72. The molecule has 1 heterocycles. The Morgan fingerprint density at radius 3 is 2.75 bits per heavy atom. The van der Waals surface area contributed by atoms with Gasteiger partial charge in [0, 0.05) is 12.6 Å². The lowest BCUT2D eigenvalue weighted by Gasteiger charge is -2.37. The molecule has 5 nitrogen and oxygen atoms in total. The summed E-state index contributed by atoms with van der Waals surface area (Å²) in [6.07, 6.45) is 6.13. The van der Waals surface area contributed by atoms with Gasteiger partial charge in [0.05, 0.1) is 11.3 Å². The Kier molecular flexibility index (Phi) is 5.02. The third-order valence-corrected chi connectivity index (χ3v) is 4.83. The van der Waals surface area contributed by atoms with Gasteiger partial charge in [0.2, 0.25) is 5.91 Å². The van der Waals surface area contributed by atoms with Crippen LogP contribution in [0.4, 0.5) is 0 Å². The average Bonchev–Trinajstić information content (AvgIpc) is 2.88. The first kappa shape index (κ1) is 15.3. The van der Waals surface area contributed by atoms with Crippen molar-refractivity contribution in [1.29, 1.82) is 0 Å². The molecule has 2 fully saturated rings. The summed E-state index contributed by atoms with van der Waals surface area (Å²) in [5, 5.41) is 15.6. The van der Waals surface area contributed by atoms with Crippen molar-refractivity contribution in [2.75, 3.05) is 13.1 Å². The lowest BCUT2D eigenvalue weighted by molar-refractivity contribution is -0.143. The van der Waals surface area contributed by atoms with E-state index in [4.69, 9.17) is 0 Å². The molecule has 114 valence electrons. The summed E-state index contributed by atoms with van der Waals surface area (Å²) in [5.74, 6) is -1.13. The maximum absolute atomic E-state index is 12.7. The standard InChI is InChI=1S/C15H26N2O3/c1-2-7-15(8-4-9-16-10-15)14(20)17-12-6-3-5-11(12)13(18)19/h11-12,16H,2-10H2,1H3,(H,17,20)(H,18,19). The van der Waals surface area contributed by atoms with Crippen molar-refractivity contribution in [2.45, 2.75) is 57.9 Å². The van der Waals surface area contributed by atoms with E-state index in [1.165, 1.54) is 0 Å². The third kappa shape index (κ3) is 3.14. The van der Waals surface area contributed by atoms with Gasteiger partial charge in [0.25, 0.3) is 0 Å². The van der Waals surface area contributed by atoms with Crippen molar-refractivity contribution in [3.8, 4) is 0 Å². The summed E-state index contributed by atoms with van der Waals surface area (Å²) < 4.78 is 0. The Balaban J connectivity index is 2.03. The predicted octanol–water partition coefficient (Wildman–Crippen LogP) is 1.53. The van der Waals surface area contributed by atoms with Crippen LogP contribution in [0.15, 0.2) is 0 Å². The zero-order valence-electron chi connectivity index (χ0n) is 12.3. The van der Waals surface area contributed by atoms with E-state index in [1.54, 1.807) is 0 Å². The Labute approximate surface area is 120 Å². The molecule has 3 atom stereocenters. The lowest BCUT2D eigenvalue weighted by atomic mass is 9.76. The summed E-state index contributed by atoms with van der Waals surface area (Å²) in [6.45, 7) is 3.79. The monoisotopic (exact) mass is 282 g/mol. The highest BCUT2D eigenvalue weighted by molar-refractivity contribution is 5.84. The largest absolute Gasteiger partial charge is 0.481 e. The van der Waals surface area contributed by atoms with Gasteiger partial charge in [-0.2, -0.15) is 0 Å². The van der Waals surface area contributed by atoms with Gasteiger partial charge in [0.1, 0.15) is 0 Å². The number of rotatable bonds is 5. The highest BCUT2D eigenvalue weighted by Gasteiger charge is 2.42. The molecule has 0 spiro atoms. The molecule has 3 unspecified atom stereocenters. The summed E-state index contributed by atoms with van der Waals surface area (Å²) in [6, 6.07) is -0.185. The summed E-state index contributed by atoms with van der Waals surface area (Å²) >= 11 is 0. The van der Waals surface area contributed by atoms with Crippen LogP contribution in [0.25, 0.3) is 0 Å². The zero-order chi connectivity index (χ0) is 14.6. The fraction of sp³-hybridized carbons (Fsp3) is 0.867. The van der Waals surface area contributed by atoms with Crippen LogP contribution in [0.2, 0.25) is 0 Å². The van der Waals surface area contributed by atoms with Gasteiger partial charge < -0.3 is 15.7 Å². The molecule has 1 aliphatic carbocycles. The molecule has 2 rings (SSSR count). The SMILES string of the molecule is CCCC1(C(=O)NC2CCCC2C(=O)O)CCCNC1. The Morgan fingerprint density at radius 2 is 2.15 bits per heavy atom. The molecule has 1 amide bonds. The molecular weight excluding hydrogens is 256 g/mol. The molecule has 0 radical (unpaired) electrons. The molecule has 3 N–H and O–H groups in total. The molecule has 2 aliphatic rings. The summed E-state index contributed by atoms with van der Waals surface area (Å²) in [7, 11) is 0. The highest BCUT2D eigenvalue weighted by atomic mass is 16.4. The second-order valence-electron chi connectivity index (χ2n) is 6.27. The van der Waals surface area contributed by atoms with Gasteiger partial charge in [-0.25, -0.2) is 0 Å². The number of hydrogen-bond donors (Lipinski definition) is 3. The molecule has 0 aromatic heterocycles. The van der Waals surface area contributed by atoms with E-state index in [1.807, 2.05) is 0 Å².